The highest BCUT2D eigenvalue weighted by Gasteiger charge is 2.45. The van der Waals surface area contributed by atoms with E-state index in [1.54, 1.807) is 0 Å². The molecule has 1 fully saturated rings. The molecular weight excluding hydrogens is 344 g/mol. The number of rotatable bonds is 4. The van der Waals surface area contributed by atoms with Crippen molar-refractivity contribution in [1.82, 2.24) is 0 Å². The fourth-order valence-electron chi connectivity index (χ4n) is 4.22. The van der Waals surface area contributed by atoms with Gasteiger partial charge >= 0.3 is 0 Å². The Morgan fingerprint density at radius 1 is 1.30 bits per heavy atom. The second kappa shape index (κ2) is 7.02. The van der Waals surface area contributed by atoms with E-state index in [1.807, 2.05) is 13.8 Å². The number of hydrogen-bond donors (Lipinski definition) is 2. The van der Waals surface area contributed by atoms with Crippen molar-refractivity contribution >= 4 is 12.1 Å². The van der Waals surface area contributed by atoms with E-state index < -0.39 is 11.4 Å². The summed E-state index contributed by atoms with van der Waals surface area (Å²) in [5.74, 6) is -0.173. The van der Waals surface area contributed by atoms with Crippen LogP contribution in [-0.4, -0.2) is 27.9 Å². The van der Waals surface area contributed by atoms with E-state index >= 15 is 0 Å². The van der Waals surface area contributed by atoms with Crippen LogP contribution in [0.25, 0.3) is 0 Å². The number of aldehydes is 1. The van der Waals surface area contributed by atoms with Gasteiger partial charge in [0.25, 0.3) is 0 Å². The Bertz CT molecular complexity index is 798. The monoisotopic (exact) mass is 372 g/mol. The predicted octanol–water partition coefficient (Wildman–Crippen LogP) is 4.58. The molecule has 1 aliphatic heterocycles. The van der Waals surface area contributed by atoms with E-state index in [4.69, 9.17) is 4.74 Å². The second-order valence-electron chi connectivity index (χ2n) is 8.49. The number of carbonyl (C=O) groups excluding carboxylic acids is 2. The fraction of sp³-hybridized carbons (Fsp3) is 0.545. The van der Waals surface area contributed by atoms with Crippen LogP contribution in [0.15, 0.2) is 12.2 Å². The molecule has 1 aromatic rings. The predicted molar refractivity (Wildman–Crippen MR) is 103 cm³/mol. The number of hydrogen-bond acceptors (Lipinski definition) is 5. The lowest BCUT2D eigenvalue weighted by Crippen LogP contribution is -2.45. The normalized spacial score (nSPS) is 24.6. The summed E-state index contributed by atoms with van der Waals surface area (Å²) in [5, 5.41) is 21.1. The zero-order valence-corrected chi connectivity index (χ0v) is 16.3. The quantitative estimate of drug-likeness (QED) is 0.459. The van der Waals surface area contributed by atoms with Crippen LogP contribution in [0.2, 0.25) is 0 Å². The molecule has 1 saturated carbocycles. The summed E-state index contributed by atoms with van der Waals surface area (Å²) in [7, 11) is 0. The maximum atomic E-state index is 12.9. The van der Waals surface area contributed by atoms with Crippen LogP contribution in [0, 0.1) is 11.8 Å². The molecular formula is C22H28O5. The lowest BCUT2D eigenvalue weighted by molar-refractivity contribution is 0.0396. The first-order chi connectivity index (χ1) is 12.7. The summed E-state index contributed by atoms with van der Waals surface area (Å²) in [4.78, 5) is 24.3. The molecule has 0 atom stereocenters. The number of ether oxygens (including phenoxy) is 1. The highest BCUT2D eigenvalue weighted by atomic mass is 16.5. The lowest BCUT2D eigenvalue weighted by Gasteiger charge is -2.45. The van der Waals surface area contributed by atoms with Crippen molar-refractivity contribution in [3.05, 3.63) is 28.8 Å². The lowest BCUT2D eigenvalue weighted by atomic mass is 9.72. The van der Waals surface area contributed by atoms with Gasteiger partial charge in [-0.1, -0.05) is 27.4 Å². The van der Waals surface area contributed by atoms with Crippen molar-refractivity contribution in [2.75, 3.05) is 0 Å². The van der Waals surface area contributed by atoms with Crippen LogP contribution in [0.1, 0.15) is 79.2 Å². The van der Waals surface area contributed by atoms with Crippen LogP contribution in [0.4, 0.5) is 0 Å². The van der Waals surface area contributed by atoms with Crippen molar-refractivity contribution in [3.63, 3.8) is 0 Å². The van der Waals surface area contributed by atoms with Crippen molar-refractivity contribution < 1.29 is 24.5 Å². The Morgan fingerprint density at radius 3 is 2.48 bits per heavy atom. The van der Waals surface area contributed by atoms with E-state index in [0.717, 1.165) is 31.3 Å². The molecule has 0 unspecified atom stereocenters. The minimum Gasteiger partial charge on any atom is -0.507 e. The van der Waals surface area contributed by atoms with Crippen LogP contribution >= 0.6 is 0 Å². The molecule has 1 aliphatic carbocycles. The van der Waals surface area contributed by atoms with Crippen LogP contribution in [-0.2, 0) is 6.42 Å². The molecule has 1 spiro atoms. The third-order valence-corrected chi connectivity index (χ3v) is 5.94. The Morgan fingerprint density at radius 2 is 1.93 bits per heavy atom. The van der Waals surface area contributed by atoms with Crippen LogP contribution < -0.4 is 4.74 Å². The van der Waals surface area contributed by atoms with Gasteiger partial charge in [-0.15, -0.1) is 0 Å². The van der Waals surface area contributed by atoms with Gasteiger partial charge in [-0.2, -0.15) is 0 Å². The number of Topliss-reactive ketones (excluding diaryl/α,β-unsaturated/α-hetero) is 1. The summed E-state index contributed by atoms with van der Waals surface area (Å²) < 4.78 is 6.36. The summed E-state index contributed by atoms with van der Waals surface area (Å²) >= 11 is 0. The van der Waals surface area contributed by atoms with Gasteiger partial charge in [0.15, 0.2) is 12.1 Å². The molecule has 0 amide bonds. The third kappa shape index (κ3) is 3.24. The van der Waals surface area contributed by atoms with Crippen molar-refractivity contribution in [3.8, 4) is 17.2 Å². The molecule has 5 nitrogen and oxygen atoms in total. The van der Waals surface area contributed by atoms with Crippen molar-refractivity contribution in [1.29, 1.82) is 0 Å². The summed E-state index contributed by atoms with van der Waals surface area (Å²) in [6.07, 6.45) is 4.51. The zero-order valence-electron chi connectivity index (χ0n) is 16.3. The first-order valence-electron chi connectivity index (χ1n) is 9.66. The molecule has 0 saturated heterocycles. The SMILES string of the molecule is C=C1Cc2c(O)c(C=O)c(O)c(C(=O)CC(C)C)c2OC12CCC(C)CC2. The molecule has 27 heavy (non-hydrogen) atoms. The van der Waals surface area contributed by atoms with Crippen LogP contribution in [0.5, 0.6) is 17.2 Å². The van der Waals surface area contributed by atoms with Gasteiger partial charge in [0, 0.05) is 18.4 Å². The van der Waals surface area contributed by atoms with Gasteiger partial charge in [-0.05, 0) is 43.1 Å². The summed E-state index contributed by atoms with van der Waals surface area (Å²) in [5.41, 5.74) is 0.404. The molecule has 5 heteroatoms. The molecule has 2 N–H and O–H groups in total. The Labute approximate surface area is 160 Å². The number of fused-ring (bicyclic) bond motifs is 1. The number of carbonyl (C=O) groups is 2. The van der Waals surface area contributed by atoms with Gasteiger partial charge < -0.3 is 14.9 Å². The van der Waals surface area contributed by atoms with Crippen molar-refractivity contribution in [2.45, 2.75) is 64.9 Å². The first-order valence-corrected chi connectivity index (χ1v) is 9.66. The topological polar surface area (TPSA) is 83.8 Å². The van der Waals surface area contributed by atoms with Crippen LogP contribution in [0.3, 0.4) is 0 Å². The maximum absolute atomic E-state index is 12.9. The van der Waals surface area contributed by atoms with Crippen molar-refractivity contribution in [2.24, 2.45) is 11.8 Å². The smallest absolute Gasteiger partial charge is 0.170 e. The second-order valence-corrected chi connectivity index (χ2v) is 8.49. The molecule has 1 aromatic carbocycles. The molecule has 0 aromatic heterocycles. The molecule has 0 bridgehead atoms. The highest BCUT2D eigenvalue weighted by Crippen LogP contribution is 2.52. The van der Waals surface area contributed by atoms with Gasteiger partial charge in [-0.25, -0.2) is 0 Å². The Kier molecular flexibility index (Phi) is 5.06. The Balaban J connectivity index is 2.16. The standard InChI is InChI=1S/C22H28O5/c1-12(2)9-17(24)18-20(26)16(11-23)19(25)15-10-14(4)22(27-21(15)18)7-5-13(3)6-8-22/h11-13,25-26H,4-10H2,1-3H3. The average Bonchev–Trinajstić information content (AvgIpc) is 2.59. The average molecular weight is 372 g/mol. The highest BCUT2D eigenvalue weighted by molar-refractivity contribution is 6.05. The van der Waals surface area contributed by atoms with E-state index in [-0.39, 0.29) is 40.7 Å². The minimum atomic E-state index is -0.575. The molecule has 0 radical (unpaired) electrons. The van der Waals surface area contributed by atoms with E-state index in [0.29, 0.717) is 24.2 Å². The summed E-state index contributed by atoms with van der Waals surface area (Å²) in [6, 6.07) is 0. The van der Waals surface area contributed by atoms with Gasteiger partial charge in [0.1, 0.15) is 28.4 Å². The molecule has 146 valence electrons. The summed E-state index contributed by atoms with van der Waals surface area (Å²) in [6.45, 7) is 10.2. The van der Waals surface area contributed by atoms with Gasteiger partial charge in [0.2, 0.25) is 0 Å². The van der Waals surface area contributed by atoms with Gasteiger partial charge in [-0.3, -0.25) is 9.59 Å². The fourth-order valence-corrected chi connectivity index (χ4v) is 4.22. The zero-order chi connectivity index (χ0) is 19.9. The maximum Gasteiger partial charge on any atom is 0.170 e. The van der Waals surface area contributed by atoms with Gasteiger partial charge in [0.05, 0.1) is 5.56 Å². The minimum absolute atomic E-state index is 0.0177. The molecule has 3 rings (SSSR count). The number of aromatic hydroxyl groups is 2. The Hall–Kier alpha value is -2.30. The third-order valence-electron chi connectivity index (χ3n) is 5.94. The molecule has 2 aliphatic rings. The van der Waals surface area contributed by atoms with E-state index in [2.05, 4.69) is 13.5 Å². The number of ketones is 1. The molecule has 1 heterocycles. The number of phenolic OH excluding ortho intramolecular Hbond substituents is 2. The first kappa shape index (κ1) is 19.5. The number of phenols is 2. The van der Waals surface area contributed by atoms with E-state index in [9.17, 15) is 19.8 Å². The van der Waals surface area contributed by atoms with E-state index in [1.165, 1.54) is 0 Å². The largest absolute Gasteiger partial charge is 0.507 e. The number of benzene rings is 1.